The maximum Gasteiger partial charge on any atom is 0.317 e. The third-order valence-electron chi connectivity index (χ3n) is 3.54. The number of ether oxygens (including phenoxy) is 1. The second-order valence-electron chi connectivity index (χ2n) is 5.23. The van der Waals surface area contributed by atoms with Gasteiger partial charge in [0.15, 0.2) is 6.10 Å². The van der Waals surface area contributed by atoms with Crippen molar-refractivity contribution in [3.05, 3.63) is 42.5 Å². The Morgan fingerprint density at radius 1 is 1.52 bits per heavy atom. The number of amides is 2. The third-order valence-corrected chi connectivity index (χ3v) is 3.54. The number of methoxy groups -OCH3 is 1. The molecule has 124 valence electrons. The highest BCUT2D eigenvalue weighted by Crippen LogP contribution is 2.20. The van der Waals surface area contributed by atoms with Gasteiger partial charge in [0.2, 0.25) is 0 Å². The Morgan fingerprint density at radius 2 is 2.26 bits per heavy atom. The van der Waals surface area contributed by atoms with E-state index in [0.717, 1.165) is 17.0 Å². The lowest BCUT2D eigenvalue weighted by molar-refractivity contribution is 0.0630. The van der Waals surface area contributed by atoms with E-state index in [1.807, 2.05) is 31.2 Å². The molecule has 0 spiro atoms. The van der Waals surface area contributed by atoms with Gasteiger partial charge in [0, 0.05) is 19.5 Å². The first-order chi connectivity index (χ1) is 11.2. The van der Waals surface area contributed by atoms with Gasteiger partial charge in [-0.25, -0.2) is 4.79 Å². The summed E-state index contributed by atoms with van der Waals surface area (Å²) in [6, 6.07) is 7.57. The van der Waals surface area contributed by atoms with E-state index in [4.69, 9.17) is 9.57 Å². The summed E-state index contributed by atoms with van der Waals surface area (Å²) in [4.78, 5) is 19.2. The van der Waals surface area contributed by atoms with Gasteiger partial charge < -0.3 is 19.8 Å². The molecule has 0 saturated heterocycles. The van der Waals surface area contributed by atoms with E-state index >= 15 is 0 Å². The van der Waals surface area contributed by atoms with Gasteiger partial charge in [-0.2, -0.15) is 0 Å². The molecule has 2 amide bonds. The van der Waals surface area contributed by atoms with E-state index in [1.54, 1.807) is 18.1 Å². The summed E-state index contributed by atoms with van der Waals surface area (Å²) < 4.78 is 5.15. The monoisotopic (exact) mass is 317 g/mol. The first kappa shape index (κ1) is 16.9. The molecule has 1 aliphatic rings. The average Bonchev–Trinajstić information content (AvgIpc) is 3.03. The molecule has 1 heterocycles. The Bertz CT molecular complexity index is 569. The van der Waals surface area contributed by atoms with E-state index < -0.39 is 0 Å². The zero-order valence-electron chi connectivity index (χ0n) is 13.6. The van der Waals surface area contributed by atoms with Crippen molar-refractivity contribution in [2.24, 2.45) is 5.16 Å². The van der Waals surface area contributed by atoms with E-state index in [-0.39, 0.29) is 12.1 Å². The molecule has 1 aliphatic heterocycles. The lowest BCUT2D eigenvalue weighted by atomic mass is 10.0. The minimum atomic E-state index is -0.144. The number of carbonyl (C=O) groups excluding carboxylic acids is 1. The van der Waals surface area contributed by atoms with Crippen LogP contribution in [0.25, 0.3) is 0 Å². The molecule has 0 saturated carbocycles. The van der Waals surface area contributed by atoms with Crippen LogP contribution in [0.4, 0.5) is 4.79 Å². The van der Waals surface area contributed by atoms with Crippen molar-refractivity contribution in [1.29, 1.82) is 0 Å². The number of urea groups is 1. The number of benzene rings is 1. The Kier molecular flexibility index (Phi) is 6.02. The molecule has 0 aliphatic carbocycles. The van der Waals surface area contributed by atoms with Crippen LogP contribution in [0, 0.1) is 0 Å². The standard InChI is InChI=1S/C17H23N3O3/c1-4-10-20(17(21)18-5-2)12-15-11-16(19-23-15)13-6-8-14(22-3)9-7-13/h4,6-9,15H,1,5,10-12H2,2-3H3,(H,18,21). The maximum absolute atomic E-state index is 12.0. The van der Waals surface area contributed by atoms with Gasteiger partial charge in [-0.1, -0.05) is 11.2 Å². The molecule has 6 heteroatoms. The number of rotatable bonds is 7. The van der Waals surface area contributed by atoms with Gasteiger partial charge in [-0.15, -0.1) is 6.58 Å². The molecule has 0 aromatic heterocycles. The SMILES string of the molecule is C=CCN(CC1CC(c2ccc(OC)cc2)=NO1)C(=O)NCC. The fourth-order valence-electron chi connectivity index (χ4n) is 2.39. The fraction of sp³-hybridized carbons (Fsp3) is 0.412. The van der Waals surface area contributed by atoms with Gasteiger partial charge in [-0.05, 0) is 36.8 Å². The van der Waals surface area contributed by atoms with Crippen LogP contribution in [0.5, 0.6) is 5.75 Å². The molecule has 1 aromatic carbocycles. The van der Waals surface area contributed by atoms with E-state index in [2.05, 4.69) is 17.1 Å². The van der Waals surface area contributed by atoms with Crippen LogP contribution < -0.4 is 10.1 Å². The topological polar surface area (TPSA) is 63.2 Å². The number of nitrogens with zero attached hydrogens (tertiary/aromatic N) is 2. The molecule has 0 bridgehead atoms. The van der Waals surface area contributed by atoms with Gasteiger partial charge >= 0.3 is 6.03 Å². The van der Waals surface area contributed by atoms with Crippen LogP contribution in [-0.4, -0.2) is 49.5 Å². The van der Waals surface area contributed by atoms with Crippen LogP contribution in [0.15, 0.2) is 42.1 Å². The van der Waals surface area contributed by atoms with Gasteiger partial charge in [-0.3, -0.25) is 0 Å². The highest BCUT2D eigenvalue weighted by molar-refractivity contribution is 6.01. The highest BCUT2D eigenvalue weighted by Gasteiger charge is 2.26. The Balaban J connectivity index is 1.94. The predicted molar refractivity (Wildman–Crippen MR) is 89.9 cm³/mol. The highest BCUT2D eigenvalue weighted by atomic mass is 16.6. The minimum Gasteiger partial charge on any atom is -0.497 e. The van der Waals surface area contributed by atoms with Gasteiger partial charge in [0.05, 0.1) is 19.4 Å². The second kappa shape index (κ2) is 8.22. The van der Waals surface area contributed by atoms with Crippen LogP contribution in [-0.2, 0) is 4.84 Å². The normalized spacial score (nSPS) is 16.3. The van der Waals surface area contributed by atoms with E-state index in [1.165, 1.54) is 0 Å². The van der Waals surface area contributed by atoms with Crippen LogP contribution >= 0.6 is 0 Å². The van der Waals surface area contributed by atoms with Crippen LogP contribution in [0.1, 0.15) is 18.9 Å². The molecule has 1 atom stereocenters. The fourth-order valence-corrected chi connectivity index (χ4v) is 2.39. The van der Waals surface area contributed by atoms with Crippen molar-refractivity contribution in [2.75, 3.05) is 26.7 Å². The van der Waals surface area contributed by atoms with Crippen molar-refractivity contribution >= 4 is 11.7 Å². The molecule has 2 rings (SSSR count). The molecule has 1 N–H and O–H groups in total. The minimum absolute atomic E-state index is 0.117. The second-order valence-corrected chi connectivity index (χ2v) is 5.23. The molecular weight excluding hydrogens is 294 g/mol. The van der Waals surface area contributed by atoms with Crippen molar-refractivity contribution in [3.63, 3.8) is 0 Å². The molecule has 23 heavy (non-hydrogen) atoms. The molecule has 1 unspecified atom stereocenters. The summed E-state index contributed by atoms with van der Waals surface area (Å²) in [6.07, 6.45) is 2.23. The molecular formula is C17H23N3O3. The van der Waals surface area contributed by atoms with Crippen molar-refractivity contribution in [2.45, 2.75) is 19.4 Å². The van der Waals surface area contributed by atoms with Crippen molar-refractivity contribution in [1.82, 2.24) is 10.2 Å². The van der Waals surface area contributed by atoms with Crippen molar-refractivity contribution < 1.29 is 14.4 Å². The largest absolute Gasteiger partial charge is 0.497 e. The lowest BCUT2D eigenvalue weighted by Gasteiger charge is -2.23. The number of nitrogens with one attached hydrogen (secondary N) is 1. The van der Waals surface area contributed by atoms with Crippen molar-refractivity contribution in [3.8, 4) is 5.75 Å². The van der Waals surface area contributed by atoms with Gasteiger partial charge in [0.25, 0.3) is 0 Å². The Morgan fingerprint density at radius 3 is 2.87 bits per heavy atom. The van der Waals surface area contributed by atoms with Gasteiger partial charge in [0.1, 0.15) is 5.75 Å². The van der Waals surface area contributed by atoms with Crippen LogP contribution in [0.3, 0.4) is 0 Å². The summed E-state index contributed by atoms with van der Waals surface area (Å²) in [5.41, 5.74) is 1.88. The van der Waals surface area contributed by atoms with Crippen LogP contribution in [0.2, 0.25) is 0 Å². The van der Waals surface area contributed by atoms with E-state index in [0.29, 0.717) is 26.1 Å². The number of hydrogen-bond donors (Lipinski definition) is 1. The maximum atomic E-state index is 12.0. The molecule has 0 fully saturated rings. The lowest BCUT2D eigenvalue weighted by Crippen LogP contribution is -2.43. The molecule has 1 aromatic rings. The summed E-state index contributed by atoms with van der Waals surface area (Å²) >= 11 is 0. The first-order valence-electron chi connectivity index (χ1n) is 7.68. The quantitative estimate of drug-likeness (QED) is 0.786. The summed E-state index contributed by atoms with van der Waals surface area (Å²) in [7, 11) is 1.64. The molecule has 6 nitrogen and oxygen atoms in total. The third kappa shape index (κ3) is 4.48. The molecule has 0 radical (unpaired) electrons. The summed E-state index contributed by atoms with van der Waals surface area (Å²) in [5, 5.41) is 6.95. The number of carbonyl (C=O) groups is 1. The number of oxime groups is 1. The summed E-state index contributed by atoms with van der Waals surface area (Å²) in [6.45, 7) is 7.12. The predicted octanol–water partition coefficient (Wildman–Crippen LogP) is 2.41. The zero-order valence-corrected chi connectivity index (χ0v) is 13.6. The van der Waals surface area contributed by atoms with E-state index in [9.17, 15) is 4.79 Å². The Hall–Kier alpha value is -2.50. The number of hydrogen-bond acceptors (Lipinski definition) is 4. The smallest absolute Gasteiger partial charge is 0.317 e. The zero-order chi connectivity index (χ0) is 16.7. The summed E-state index contributed by atoms with van der Waals surface area (Å²) in [5.74, 6) is 0.804. The Labute approximate surface area is 136 Å². The average molecular weight is 317 g/mol. The first-order valence-corrected chi connectivity index (χ1v) is 7.68.